The summed E-state index contributed by atoms with van der Waals surface area (Å²) in [6.45, 7) is 5.74. The third kappa shape index (κ3) is 2.03. The number of hydrogen-bond donors (Lipinski definition) is 2. The van der Waals surface area contributed by atoms with Crippen molar-refractivity contribution in [3.05, 3.63) is 0 Å². The van der Waals surface area contributed by atoms with Crippen LogP contribution in [0.5, 0.6) is 0 Å². The van der Waals surface area contributed by atoms with Crippen molar-refractivity contribution in [1.82, 2.24) is 4.90 Å². The summed E-state index contributed by atoms with van der Waals surface area (Å²) in [5.74, 6) is 0.457. The number of likely N-dealkylation sites (tertiary alicyclic amines) is 1. The lowest BCUT2D eigenvalue weighted by Crippen LogP contribution is -2.61. The Labute approximate surface area is 80.9 Å². The monoisotopic (exact) mass is 186 g/mol. The fourth-order valence-corrected chi connectivity index (χ4v) is 2.68. The van der Waals surface area contributed by atoms with E-state index in [1.54, 1.807) is 0 Å². The van der Waals surface area contributed by atoms with E-state index in [0.29, 0.717) is 12.5 Å². The zero-order valence-electron chi connectivity index (χ0n) is 8.95. The molecular formula is C10H22N2O. The third-order valence-electron chi connectivity index (χ3n) is 3.13. The van der Waals surface area contributed by atoms with Crippen LogP contribution in [0.25, 0.3) is 0 Å². The molecule has 78 valence electrons. The van der Waals surface area contributed by atoms with Crippen LogP contribution in [0.15, 0.2) is 0 Å². The van der Waals surface area contributed by atoms with Crippen LogP contribution in [0.3, 0.4) is 0 Å². The van der Waals surface area contributed by atoms with Gasteiger partial charge in [-0.15, -0.1) is 0 Å². The molecule has 0 saturated carbocycles. The van der Waals surface area contributed by atoms with Gasteiger partial charge in [0.1, 0.15) is 0 Å². The zero-order chi connectivity index (χ0) is 10.1. The third-order valence-corrected chi connectivity index (χ3v) is 3.13. The molecule has 3 nitrogen and oxygen atoms in total. The highest BCUT2D eigenvalue weighted by atomic mass is 16.3. The number of nitrogens with zero attached hydrogens (tertiary/aromatic N) is 1. The molecule has 0 aromatic carbocycles. The van der Waals surface area contributed by atoms with Crippen LogP contribution in [0.2, 0.25) is 0 Å². The summed E-state index contributed by atoms with van der Waals surface area (Å²) in [6, 6.07) is 0.214. The van der Waals surface area contributed by atoms with Gasteiger partial charge in [0.2, 0.25) is 0 Å². The minimum absolute atomic E-state index is 0.214. The van der Waals surface area contributed by atoms with E-state index in [9.17, 15) is 5.11 Å². The molecule has 0 amide bonds. The van der Waals surface area contributed by atoms with E-state index in [4.69, 9.17) is 5.73 Å². The molecule has 3 N–H and O–H groups in total. The van der Waals surface area contributed by atoms with E-state index in [-0.39, 0.29) is 6.04 Å². The van der Waals surface area contributed by atoms with E-state index in [1.807, 2.05) is 0 Å². The minimum atomic E-state index is -0.666. The lowest BCUT2D eigenvalue weighted by atomic mass is 9.79. The molecule has 0 aromatic heterocycles. The van der Waals surface area contributed by atoms with Gasteiger partial charge in [-0.05, 0) is 32.4 Å². The number of nitrogens with two attached hydrogens (primary N) is 1. The molecule has 1 fully saturated rings. The fraction of sp³-hybridized carbons (Fsp3) is 1.00. The zero-order valence-corrected chi connectivity index (χ0v) is 8.95. The Morgan fingerprint density at radius 3 is 2.62 bits per heavy atom. The Balaban J connectivity index is 2.80. The molecule has 1 aliphatic rings. The normalized spacial score (nSPS) is 36.9. The SMILES string of the molecule is CC(C)C1N(C)CCCC1(O)CN. The number of aliphatic hydroxyl groups is 1. The van der Waals surface area contributed by atoms with Crippen LogP contribution in [-0.4, -0.2) is 41.8 Å². The van der Waals surface area contributed by atoms with Crippen LogP contribution < -0.4 is 5.73 Å². The van der Waals surface area contributed by atoms with Gasteiger partial charge < -0.3 is 15.7 Å². The summed E-state index contributed by atoms with van der Waals surface area (Å²) in [4.78, 5) is 2.24. The van der Waals surface area contributed by atoms with Crippen molar-refractivity contribution in [3.8, 4) is 0 Å². The average Bonchev–Trinajstić information content (AvgIpc) is 2.03. The fourth-order valence-electron chi connectivity index (χ4n) is 2.68. The predicted molar refractivity (Wildman–Crippen MR) is 54.5 cm³/mol. The van der Waals surface area contributed by atoms with Crippen LogP contribution in [0.1, 0.15) is 26.7 Å². The van der Waals surface area contributed by atoms with E-state index < -0.39 is 5.60 Å². The van der Waals surface area contributed by atoms with Crippen molar-refractivity contribution in [2.75, 3.05) is 20.1 Å². The van der Waals surface area contributed by atoms with Crippen molar-refractivity contribution in [2.24, 2.45) is 11.7 Å². The Kier molecular flexibility index (Phi) is 3.33. The molecule has 0 bridgehead atoms. The van der Waals surface area contributed by atoms with Crippen LogP contribution in [0.4, 0.5) is 0 Å². The first-order valence-electron chi connectivity index (χ1n) is 5.14. The van der Waals surface area contributed by atoms with Crippen molar-refractivity contribution in [3.63, 3.8) is 0 Å². The minimum Gasteiger partial charge on any atom is -0.387 e. The van der Waals surface area contributed by atoms with E-state index >= 15 is 0 Å². The van der Waals surface area contributed by atoms with Gasteiger partial charge in [0.05, 0.1) is 5.60 Å². The number of rotatable bonds is 2. The molecule has 1 aliphatic heterocycles. The molecule has 2 unspecified atom stereocenters. The van der Waals surface area contributed by atoms with Gasteiger partial charge in [-0.25, -0.2) is 0 Å². The lowest BCUT2D eigenvalue weighted by Gasteiger charge is -2.47. The summed E-state index contributed by atoms with van der Waals surface area (Å²) >= 11 is 0. The summed E-state index contributed by atoms with van der Waals surface area (Å²) < 4.78 is 0. The van der Waals surface area contributed by atoms with Gasteiger partial charge in [-0.1, -0.05) is 13.8 Å². The lowest BCUT2D eigenvalue weighted by molar-refractivity contribution is -0.0822. The van der Waals surface area contributed by atoms with E-state index in [0.717, 1.165) is 19.4 Å². The number of hydrogen-bond acceptors (Lipinski definition) is 3. The molecule has 2 atom stereocenters. The summed E-state index contributed by atoms with van der Waals surface area (Å²) in [6.07, 6.45) is 1.89. The van der Waals surface area contributed by atoms with Gasteiger partial charge in [0.25, 0.3) is 0 Å². The quantitative estimate of drug-likeness (QED) is 0.657. The summed E-state index contributed by atoms with van der Waals surface area (Å²) in [5.41, 5.74) is 4.99. The second kappa shape index (κ2) is 3.95. The van der Waals surface area contributed by atoms with Crippen LogP contribution in [0, 0.1) is 5.92 Å². The second-order valence-corrected chi connectivity index (χ2v) is 4.58. The average molecular weight is 186 g/mol. The van der Waals surface area contributed by atoms with Crippen LogP contribution in [-0.2, 0) is 0 Å². The molecule has 0 aromatic rings. The molecule has 0 radical (unpaired) electrons. The highest BCUT2D eigenvalue weighted by Gasteiger charge is 2.42. The first kappa shape index (κ1) is 11.0. The molecule has 1 saturated heterocycles. The molecule has 1 heterocycles. The Hall–Kier alpha value is -0.120. The highest BCUT2D eigenvalue weighted by Crippen LogP contribution is 2.30. The predicted octanol–water partition coefficient (Wildman–Crippen LogP) is 0.426. The van der Waals surface area contributed by atoms with Crippen molar-refractivity contribution in [2.45, 2.75) is 38.3 Å². The Morgan fingerprint density at radius 1 is 1.62 bits per heavy atom. The molecule has 0 aliphatic carbocycles. The van der Waals surface area contributed by atoms with Gasteiger partial charge in [0.15, 0.2) is 0 Å². The van der Waals surface area contributed by atoms with Gasteiger partial charge in [-0.3, -0.25) is 0 Å². The van der Waals surface area contributed by atoms with E-state index in [2.05, 4.69) is 25.8 Å². The molecule has 1 rings (SSSR count). The molecule has 0 spiro atoms. The first-order chi connectivity index (χ1) is 6.01. The summed E-state index contributed by atoms with van der Waals surface area (Å²) in [5, 5.41) is 10.3. The number of piperidine rings is 1. The largest absolute Gasteiger partial charge is 0.387 e. The Bertz CT molecular complexity index is 172. The second-order valence-electron chi connectivity index (χ2n) is 4.58. The van der Waals surface area contributed by atoms with Crippen molar-refractivity contribution in [1.29, 1.82) is 0 Å². The topological polar surface area (TPSA) is 49.5 Å². The maximum Gasteiger partial charge on any atom is 0.0926 e. The van der Waals surface area contributed by atoms with E-state index in [1.165, 1.54) is 0 Å². The van der Waals surface area contributed by atoms with Gasteiger partial charge in [0, 0.05) is 12.6 Å². The molecule has 13 heavy (non-hydrogen) atoms. The van der Waals surface area contributed by atoms with Crippen LogP contribution >= 0.6 is 0 Å². The van der Waals surface area contributed by atoms with Crippen molar-refractivity contribution >= 4 is 0 Å². The summed E-state index contributed by atoms with van der Waals surface area (Å²) in [7, 11) is 2.07. The number of likely N-dealkylation sites (N-methyl/N-ethyl adjacent to an activating group) is 1. The maximum atomic E-state index is 10.3. The molecular weight excluding hydrogens is 164 g/mol. The van der Waals surface area contributed by atoms with Gasteiger partial charge in [-0.2, -0.15) is 0 Å². The highest BCUT2D eigenvalue weighted by molar-refractivity contribution is 4.98. The van der Waals surface area contributed by atoms with Crippen molar-refractivity contribution < 1.29 is 5.11 Å². The van der Waals surface area contributed by atoms with Gasteiger partial charge >= 0.3 is 0 Å². The first-order valence-corrected chi connectivity index (χ1v) is 5.14. The molecule has 3 heteroatoms. The Morgan fingerprint density at radius 2 is 2.23 bits per heavy atom. The maximum absolute atomic E-state index is 10.3. The smallest absolute Gasteiger partial charge is 0.0926 e. The standard InChI is InChI=1S/C10H22N2O/c1-8(2)9-10(13,7-11)5-4-6-12(9)3/h8-9,13H,4-7,11H2,1-3H3.